The van der Waals surface area contributed by atoms with Gasteiger partial charge in [-0.25, -0.2) is 14.4 Å². The molecule has 0 atom stereocenters. The van der Waals surface area contributed by atoms with Gasteiger partial charge >= 0.3 is 26.7 Å². The van der Waals surface area contributed by atoms with Crippen molar-refractivity contribution in [2.75, 3.05) is 41.2 Å². The number of hydrogen-bond acceptors (Lipinski definition) is 10. The van der Waals surface area contributed by atoms with Gasteiger partial charge in [-0.2, -0.15) is 0 Å². The second-order valence-electron chi connectivity index (χ2n) is 7.66. The highest BCUT2D eigenvalue weighted by molar-refractivity contribution is 6.60. The average Bonchev–Trinajstić information content (AvgIpc) is 3.00. The fourth-order valence-corrected chi connectivity index (χ4v) is 4.74. The molecular formula is C29H36O10Si. The third-order valence-electron chi connectivity index (χ3n) is 5.16. The minimum Gasteiger partial charge on any atom is -0.490 e. The normalized spacial score (nSPS) is 10.3. The molecule has 0 radical (unpaired) electrons. The van der Waals surface area contributed by atoms with E-state index in [9.17, 15) is 14.4 Å². The molecule has 0 aliphatic carbocycles. The zero-order chi connectivity index (χ0) is 29.8. The molecule has 0 aliphatic heterocycles. The summed E-state index contributed by atoms with van der Waals surface area (Å²) in [6.07, 6.45) is 4.00. The van der Waals surface area contributed by atoms with E-state index >= 15 is 0 Å². The van der Waals surface area contributed by atoms with E-state index in [4.69, 9.17) is 32.2 Å². The topological polar surface area (TPSA) is 116 Å². The molecule has 0 heterocycles. The van der Waals surface area contributed by atoms with Crippen LogP contribution in [0.3, 0.4) is 0 Å². The molecule has 0 saturated carbocycles. The number of ether oxygens (including phenoxy) is 4. The Morgan fingerprint density at radius 1 is 0.650 bits per heavy atom. The van der Waals surface area contributed by atoms with Crippen molar-refractivity contribution in [2.45, 2.75) is 12.5 Å². The highest BCUT2D eigenvalue weighted by Gasteiger charge is 2.36. The minimum atomic E-state index is -2.52. The Balaban J connectivity index is 0.000000459. The number of rotatable bonds is 16. The molecule has 40 heavy (non-hydrogen) atoms. The van der Waals surface area contributed by atoms with Crippen molar-refractivity contribution in [3.8, 4) is 22.6 Å². The first-order chi connectivity index (χ1) is 19.3. The Hall–Kier alpha value is -4.03. The van der Waals surface area contributed by atoms with Gasteiger partial charge in [0.05, 0.1) is 6.61 Å². The molecule has 10 nitrogen and oxygen atoms in total. The summed E-state index contributed by atoms with van der Waals surface area (Å²) in [5.41, 5.74) is 1.97. The van der Waals surface area contributed by atoms with Crippen LogP contribution in [-0.2, 0) is 37.1 Å². The van der Waals surface area contributed by atoms with Crippen LogP contribution in [0.4, 0.5) is 0 Å². The molecule has 216 valence electrons. The maximum atomic E-state index is 11.1. The van der Waals surface area contributed by atoms with E-state index in [2.05, 4.69) is 19.7 Å². The first kappa shape index (κ1) is 34.0. The summed E-state index contributed by atoms with van der Waals surface area (Å²) in [5.74, 6) is -0.249. The van der Waals surface area contributed by atoms with Crippen LogP contribution < -0.4 is 9.47 Å². The predicted molar refractivity (Wildman–Crippen MR) is 152 cm³/mol. The molecule has 0 saturated heterocycles. The lowest BCUT2D eigenvalue weighted by molar-refractivity contribution is -0.139. The van der Waals surface area contributed by atoms with Gasteiger partial charge in [-0.3, -0.25) is 0 Å². The minimum absolute atomic E-state index is 0.164. The number of esters is 3. The molecule has 0 amide bonds. The van der Waals surface area contributed by atoms with E-state index in [0.29, 0.717) is 30.6 Å². The van der Waals surface area contributed by atoms with Gasteiger partial charge in [-0.1, -0.05) is 44.0 Å². The second-order valence-corrected chi connectivity index (χ2v) is 10.8. The molecule has 2 aromatic carbocycles. The summed E-state index contributed by atoms with van der Waals surface area (Å²) in [5, 5.41) is 0. The maximum Gasteiger partial charge on any atom is 0.500 e. The summed E-state index contributed by atoms with van der Waals surface area (Å²) in [6, 6.07) is 15.2. The lowest BCUT2D eigenvalue weighted by Gasteiger charge is -2.23. The number of hydrogen-bond donors (Lipinski definition) is 0. The van der Waals surface area contributed by atoms with E-state index in [0.717, 1.165) is 29.4 Å². The van der Waals surface area contributed by atoms with E-state index < -0.39 is 26.7 Å². The van der Waals surface area contributed by atoms with E-state index in [1.807, 2.05) is 36.4 Å². The standard InChI is InChI=1S/C20H18O5.C9H18O5Si/c1-3-19(21)24-14-13-23-17-9-5-15(6-10-17)16-7-11-18(12-8-16)25-20(22)4-2;1-5-9(10)14-7-6-8-15(11-2,12-3)13-4/h3-12H,1-2,13-14H2;5H,1,6-8H2,2-4H3. The van der Waals surface area contributed by atoms with E-state index in [1.54, 1.807) is 33.5 Å². The van der Waals surface area contributed by atoms with Crippen LogP contribution in [0.2, 0.25) is 6.04 Å². The lowest BCUT2D eigenvalue weighted by Crippen LogP contribution is -2.42. The molecule has 0 fully saturated rings. The van der Waals surface area contributed by atoms with Crippen LogP contribution in [0.15, 0.2) is 86.5 Å². The van der Waals surface area contributed by atoms with E-state index in [1.165, 1.54) is 0 Å². The van der Waals surface area contributed by atoms with Crippen molar-refractivity contribution >= 4 is 26.7 Å². The molecule has 0 aromatic heterocycles. The summed E-state index contributed by atoms with van der Waals surface area (Å²) >= 11 is 0. The Morgan fingerprint density at radius 3 is 1.55 bits per heavy atom. The van der Waals surface area contributed by atoms with E-state index in [-0.39, 0.29) is 13.2 Å². The number of carbonyl (C=O) groups is 3. The molecule has 0 bridgehead atoms. The van der Waals surface area contributed by atoms with Gasteiger partial charge in [-0.05, 0) is 41.8 Å². The van der Waals surface area contributed by atoms with Crippen molar-refractivity contribution in [2.24, 2.45) is 0 Å². The molecule has 11 heteroatoms. The number of benzene rings is 2. The van der Waals surface area contributed by atoms with Crippen LogP contribution >= 0.6 is 0 Å². The van der Waals surface area contributed by atoms with Crippen LogP contribution in [0.25, 0.3) is 11.1 Å². The van der Waals surface area contributed by atoms with Gasteiger partial charge in [-0.15, -0.1) is 0 Å². The third kappa shape index (κ3) is 12.7. The Labute approximate surface area is 236 Å². The van der Waals surface area contributed by atoms with Crippen molar-refractivity contribution < 1.29 is 46.6 Å². The summed E-state index contributed by atoms with van der Waals surface area (Å²) in [4.78, 5) is 32.8. The van der Waals surface area contributed by atoms with Crippen LogP contribution in [-0.4, -0.2) is 67.9 Å². The summed E-state index contributed by atoms with van der Waals surface area (Å²) < 4.78 is 35.8. The predicted octanol–water partition coefficient (Wildman–Crippen LogP) is 4.54. The third-order valence-corrected chi connectivity index (χ3v) is 7.99. The smallest absolute Gasteiger partial charge is 0.490 e. The molecular weight excluding hydrogens is 536 g/mol. The first-order valence-corrected chi connectivity index (χ1v) is 14.1. The molecule has 0 aliphatic rings. The Kier molecular flexibility index (Phi) is 16.2. The highest BCUT2D eigenvalue weighted by atomic mass is 28.4. The lowest BCUT2D eigenvalue weighted by atomic mass is 10.1. The monoisotopic (exact) mass is 572 g/mol. The largest absolute Gasteiger partial charge is 0.500 e. The van der Waals surface area contributed by atoms with Gasteiger partial charge in [0.2, 0.25) is 0 Å². The van der Waals surface area contributed by atoms with Crippen LogP contribution in [0.1, 0.15) is 6.42 Å². The Bertz CT molecular complexity index is 1080. The fourth-order valence-electron chi connectivity index (χ4n) is 3.05. The van der Waals surface area contributed by atoms with Gasteiger partial charge in [0.25, 0.3) is 0 Å². The van der Waals surface area contributed by atoms with Gasteiger partial charge in [0.15, 0.2) is 0 Å². The van der Waals surface area contributed by atoms with Crippen LogP contribution in [0, 0.1) is 0 Å². The molecule has 2 rings (SSSR count). The van der Waals surface area contributed by atoms with Gasteiger partial charge < -0.3 is 32.2 Å². The molecule has 0 spiro atoms. The quantitative estimate of drug-likeness (QED) is 0.0933. The first-order valence-electron chi connectivity index (χ1n) is 12.2. The molecule has 0 unspecified atom stereocenters. The second kappa shape index (κ2) is 19.1. The maximum absolute atomic E-state index is 11.1. The number of carbonyl (C=O) groups excluding carboxylic acids is 3. The van der Waals surface area contributed by atoms with Gasteiger partial charge in [0, 0.05) is 45.6 Å². The van der Waals surface area contributed by atoms with Crippen molar-refractivity contribution in [3.05, 3.63) is 86.5 Å². The molecule has 0 N–H and O–H groups in total. The zero-order valence-electron chi connectivity index (χ0n) is 23.1. The Morgan fingerprint density at radius 2 is 1.10 bits per heavy atom. The summed E-state index contributed by atoms with van der Waals surface area (Å²) in [7, 11) is 2.13. The van der Waals surface area contributed by atoms with Gasteiger partial charge in [0.1, 0.15) is 24.7 Å². The highest BCUT2D eigenvalue weighted by Crippen LogP contribution is 2.24. The summed E-state index contributed by atoms with van der Waals surface area (Å²) in [6.45, 7) is 10.7. The fraction of sp³-hybridized carbons (Fsp3) is 0.276. The van der Waals surface area contributed by atoms with Crippen molar-refractivity contribution in [3.63, 3.8) is 0 Å². The van der Waals surface area contributed by atoms with Crippen molar-refractivity contribution in [1.82, 2.24) is 0 Å². The zero-order valence-corrected chi connectivity index (χ0v) is 24.1. The van der Waals surface area contributed by atoms with Crippen LogP contribution in [0.5, 0.6) is 11.5 Å². The molecule has 2 aromatic rings. The SMILES string of the molecule is C=CC(=O)OCCC[Si](OC)(OC)OC.C=CC(=O)OCCOc1ccc(-c2ccc(OC(=O)C=C)cc2)cc1. The average molecular weight is 573 g/mol. The van der Waals surface area contributed by atoms with Crippen molar-refractivity contribution in [1.29, 1.82) is 0 Å².